The summed E-state index contributed by atoms with van der Waals surface area (Å²) in [4.78, 5) is 7.41. The largest absolute Gasteiger partial charge is 0.361 e. The smallest absolute Gasteiger partial charge is 0.157 e. The molecule has 2 bridgehead atoms. The molecule has 0 aromatic heterocycles. The lowest BCUT2D eigenvalue weighted by Gasteiger charge is -2.45. The molecule has 17 heavy (non-hydrogen) atoms. The zero-order valence-corrected chi connectivity index (χ0v) is 11.7. The topological polar surface area (TPSA) is 27.6 Å². The monoisotopic (exact) mass is 253 g/mol. The van der Waals surface area contributed by atoms with E-state index in [1.54, 1.807) is 0 Å². The van der Waals surface area contributed by atoms with Gasteiger partial charge in [0.05, 0.1) is 6.04 Å². The van der Waals surface area contributed by atoms with Crippen LogP contribution in [0.5, 0.6) is 0 Å². The number of fused-ring (bicyclic) bond motifs is 3. The summed E-state index contributed by atoms with van der Waals surface area (Å²) in [6.07, 6.45) is 2.76. The SMILES string of the molecule is CC(C)C1CSC(NC2CN3CCC2CC3)=N1. The molecule has 3 nitrogen and oxygen atoms in total. The molecule has 1 N–H and O–H groups in total. The molecular weight excluding hydrogens is 230 g/mol. The number of nitrogens with one attached hydrogen (secondary N) is 1. The molecule has 0 aliphatic carbocycles. The first-order valence-electron chi connectivity index (χ1n) is 6.92. The number of hydrogen-bond acceptors (Lipinski definition) is 4. The third-order valence-corrected chi connectivity index (χ3v) is 5.41. The Balaban J connectivity index is 1.59. The van der Waals surface area contributed by atoms with Gasteiger partial charge in [0, 0.05) is 18.3 Å². The molecule has 4 aliphatic rings. The van der Waals surface area contributed by atoms with E-state index in [1.807, 2.05) is 11.8 Å². The average molecular weight is 253 g/mol. The van der Waals surface area contributed by atoms with Crippen LogP contribution in [-0.2, 0) is 0 Å². The third-order valence-electron chi connectivity index (χ3n) is 4.41. The number of hydrogen-bond donors (Lipinski definition) is 1. The van der Waals surface area contributed by atoms with Gasteiger partial charge in [0.1, 0.15) is 0 Å². The Morgan fingerprint density at radius 1 is 1.35 bits per heavy atom. The molecule has 0 aromatic carbocycles. The Morgan fingerprint density at radius 3 is 2.65 bits per heavy atom. The standard InChI is InChI=1S/C13H23N3S/c1-9(2)12-8-17-13(15-12)14-11-7-16-5-3-10(11)4-6-16/h9-12H,3-8H2,1-2H3,(H,14,15). The first-order chi connectivity index (χ1) is 8.22. The number of nitrogens with zero attached hydrogens (tertiary/aromatic N) is 2. The molecule has 0 aromatic rings. The Kier molecular flexibility index (Phi) is 3.35. The van der Waals surface area contributed by atoms with E-state index < -0.39 is 0 Å². The molecule has 4 heteroatoms. The molecule has 3 fully saturated rings. The first kappa shape index (κ1) is 11.8. The van der Waals surface area contributed by atoms with Crippen LogP contribution in [0.2, 0.25) is 0 Å². The lowest BCUT2D eigenvalue weighted by molar-refractivity contribution is 0.0816. The van der Waals surface area contributed by atoms with Crippen LogP contribution in [0.15, 0.2) is 4.99 Å². The fourth-order valence-electron chi connectivity index (χ4n) is 3.10. The molecule has 2 unspecified atom stereocenters. The summed E-state index contributed by atoms with van der Waals surface area (Å²) in [5.41, 5.74) is 0. The summed E-state index contributed by atoms with van der Waals surface area (Å²) < 4.78 is 0. The van der Waals surface area contributed by atoms with Crippen molar-refractivity contribution in [3.05, 3.63) is 0 Å². The predicted octanol–water partition coefficient (Wildman–Crippen LogP) is 1.80. The zero-order chi connectivity index (χ0) is 11.8. The van der Waals surface area contributed by atoms with Crippen molar-refractivity contribution in [1.29, 1.82) is 0 Å². The molecule has 96 valence electrons. The lowest BCUT2D eigenvalue weighted by atomic mass is 9.84. The van der Waals surface area contributed by atoms with E-state index in [4.69, 9.17) is 4.99 Å². The van der Waals surface area contributed by atoms with Gasteiger partial charge < -0.3 is 10.2 Å². The number of piperidine rings is 3. The van der Waals surface area contributed by atoms with E-state index in [9.17, 15) is 0 Å². The minimum Gasteiger partial charge on any atom is -0.361 e. The number of rotatable bonds is 2. The number of thioether (sulfide) groups is 1. The van der Waals surface area contributed by atoms with Gasteiger partial charge in [0.15, 0.2) is 5.17 Å². The molecule has 4 aliphatic heterocycles. The van der Waals surface area contributed by atoms with Crippen LogP contribution in [0.4, 0.5) is 0 Å². The van der Waals surface area contributed by atoms with Gasteiger partial charge in [-0.3, -0.25) is 4.99 Å². The fourth-order valence-corrected chi connectivity index (χ4v) is 4.33. The van der Waals surface area contributed by atoms with Crippen LogP contribution in [0.25, 0.3) is 0 Å². The summed E-state index contributed by atoms with van der Waals surface area (Å²) >= 11 is 1.92. The van der Waals surface area contributed by atoms with Gasteiger partial charge in [-0.15, -0.1) is 0 Å². The molecule has 0 saturated carbocycles. The van der Waals surface area contributed by atoms with E-state index in [1.165, 1.54) is 43.4 Å². The van der Waals surface area contributed by atoms with E-state index in [0.717, 1.165) is 5.92 Å². The predicted molar refractivity (Wildman–Crippen MR) is 74.6 cm³/mol. The van der Waals surface area contributed by atoms with Gasteiger partial charge in [-0.25, -0.2) is 0 Å². The van der Waals surface area contributed by atoms with E-state index in [0.29, 0.717) is 18.0 Å². The molecular formula is C13H23N3S. The summed E-state index contributed by atoms with van der Waals surface area (Å²) in [6, 6.07) is 1.19. The summed E-state index contributed by atoms with van der Waals surface area (Å²) in [5.74, 6) is 2.73. The van der Waals surface area contributed by atoms with Crippen LogP contribution in [0, 0.1) is 11.8 Å². The Hall–Kier alpha value is -0.220. The zero-order valence-electron chi connectivity index (χ0n) is 10.9. The van der Waals surface area contributed by atoms with Gasteiger partial charge in [-0.1, -0.05) is 25.6 Å². The highest BCUT2D eigenvalue weighted by molar-refractivity contribution is 8.14. The van der Waals surface area contributed by atoms with Crippen molar-refractivity contribution in [3.8, 4) is 0 Å². The van der Waals surface area contributed by atoms with E-state index in [-0.39, 0.29) is 0 Å². The summed E-state index contributed by atoms with van der Waals surface area (Å²) in [6.45, 7) is 8.41. The second kappa shape index (κ2) is 4.81. The normalized spacial score (nSPS) is 40.8. The number of amidine groups is 1. The van der Waals surface area contributed by atoms with Gasteiger partial charge in [0.25, 0.3) is 0 Å². The van der Waals surface area contributed by atoms with Gasteiger partial charge in [-0.2, -0.15) is 0 Å². The molecule has 4 rings (SSSR count). The van der Waals surface area contributed by atoms with Gasteiger partial charge in [0.2, 0.25) is 0 Å². The molecule has 2 atom stereocenters. The van der Waals surface area contributed by atoms with Crippen molar-refractivity contribution in [3.63, 3.8) is 0 Å². The molecule has 0 amide bonds. The third kappa shape index (κ3) is 2.48. The van der Waals surface area contributed by atoms with Crippen molar-refractivity contribution in [1.82, 2.24) is 10.2 Å². The summed E-state index contributed by atoms with van der Waals surface area (Å²) in [7, 11) is 0. The highest BCUT2D eigenvalue weighted by atomic mass is 32.2. The van der Waals surface area contributed by atoms with Gasteiger partial charge in [-0.05, 0) is 37.8 Å². The Labute approximate surface area is 108 Å². The molecule has 0 radical (unpaired) electrons. The second-order valence-corrected chi connectivity index (χ2v) is 6.95. The maximum atomic E-state index is 4.82. The highest BCUT2D eigenvalue weighted by Crippen LogP contribution is 2.29. The van der Waals surface area contributed by atoms with Crippen molar-refractivity contribution in [2.45, 2.75) is 38.8 Å². The number of aliphatic imine (C=N–C) groups is 1. The first-order valence-corrected chi connectivity index (χ1v) is 7.90. The van der Waals surface area contributed by atoms with Gasteiger partial charge >= 0.3 is 0 Å². The minimum atomic E-state index is 0.531. The lowest BCUT2D eigenvalue weighted by Crippen LogP contribution is -2.56. The maximum Gasteiger partial charge on any atom is 0.157 e. The quantitative estimate of drug-likeness (QED) is 0.813. The minimum absolute atomic E-state index is 0.531. The summed E-state index contributed by atoms with van der Waals surface area (Å²) in [5, 5.41) is 4.92. The van der Waals surface area contributed by atoms with Crippen LogP contribution in [0.1, 0.15) is 26.7 Å². The Morgan fingerprint density at radius 2 is 2.12 bits per heavy atom. The van der Waals surface area contributed by atoms with Crippen molar-refractivity contribution < 1.29 is 0 Å². The highest BCUT2D eigenvalue weighted by Gasteiger charge is 2.35. The van der Waals surface area contributed by atoms with Crippen molar-refractivity contribution in [2.24, 2.45) is 16.8 Å². The second-order valence-electron chi connectivity index (χ2n) is 5.95. The molecule has 4 heterocycles. The average Bonchev–Trinajstić information content (AvgIpc) is 2.79. The van der Waals surface area contributed by atoms with E-state index in [2.05, 4.69) is 24.1 Å². The van der Waals surface area contributed by atoms with Crippen molar-refractivity contribution >= 4 is 16.9 Å². The fraction of sp³-hybridized carbons (Fsp3) is 0.923. The Bertz CT molecular complexity index is 308. The van der Waals surface area contributed by atoms with E-state index >= 15 is 0 Å². The maximum absolute atomic E-state index is 4.82. The van der Waals surface area contributed by atoms with Crippen LogP contribution in [0.3, 0.4) is 0 Å². The van der Waals surface area contributed by atoms with Crippen molar-refractivity contribution in [2.75, 3.05) is 25.4 Å². The van der Waals surface area contributed by atoms with Crippen LogP contribution in [-0.4, -0.2) is 47.5 Å². The molecule has 3 saturated heterocycles. The van der Waals surface area contributed by atoms with Crippen LogP contribution >= 0.6 is 11.8 Å². The van der Waals surface area contributed by atoms with Crippen LogP contribution < -0.4 is 5.32 Å². The molecule has 0 spiro atoms.